The van der Waals surface area contributed by atoms with Gasteiger partial charge in [-0.15, -0.1) is 0 Å². The highest BCUT2D eigenvalue weighted by Gasteiger charge is 2.19. The van der Waals surface area contributed by atoms with E-state index in [1.54, 1.807) is 42.5 Å². The molecule has 5 rings (SSSR count). The molecule has 8 heteroatoms. The molecule has 1 unspecified atom stereocenters. The predicted octanol–water partition coefficient (Wildman–Crippen LogP) is 4.50. The van der Waals surface area contributed by atoms with Crippen molar-refractivity contribution in [2.75, 3.05) is 55.1 Å². The zero-order valence-corrected chi connectivity index (χ0v) is 20.9. The number of hydrogen-bond donors (Lipinski definition) is 2. The van der Waals surface area contributed by atoms with Crippen LogP contribution in [0.15, 0.2) is 66.7 Å². The highest BCUT2D eigenvalue weighted by molar-refractivity contribution is 6.07. The van der Waals surface area contributed by atoms with Gasteiger partial charge in [0.15, 0.2) is 0 Å². The summed E-state index contributed by atoms with van der Waals surface area (Å²) in [4.78, 5) is 28.1. The van der Waals surface area contributed by atoms with E-state index < -0.39 is 0 Å². The average molecular weight is 502 g/mol. The fourth-order valence-corrected chi connectivity index (χ4v) is 4.56. The number of nitrogens with one attached hydrogen (secondary N) is 2. The number of ether oxygens (including phenoxy) is 3. The molecule has 8 nitrogen and oxygen atoms in total. The van der Waals surface area contributed by atoms with Crippen LogP contribution in [0.4, 0.5) is 17.1 Å². The summed E-state index contributed by atoms with van der Waals surface area (Å²) < 4.78 is 16.7. The average Bonchev–Trinajstić information content (AvgIpc) is 3.43. The van der Waals surface area contributed by atoms with E-state index in [1.165, 1.54) is 0 Å². The van der Waals surface area contributed by atoms with Crippen molar-refractivity contribution in [2.45, 2.75) is 19.4 Å². The molecule has 0 aliphatic carbocycles. The van der Waals surface area contributed by atoms with E-state index in [-0.39, 0.29) is 17.9 Å². The molecular formula is C29H31N3O5. The van der Waals surface area contributed by atoms with Crippen molar-refractivity contribution in [1.29, 1.82) is 0 Å². The second-order valence-electron chi connectivity index (χ2n) is 9.17. The van der Waals surface area contributed by atoms with Gasteiger partial charge in [0.2, 0.25) is 0 Å². The van der Waals surface area contributed by atoms with Crippen molar-refractivity contribution in [1.82, 2.24) is 0 Å². The lowest BCUT2D eigenvalue weighted by Crippen LogP contribution is -2.36. The molecule has 3 aromatic carbocycles. The second kappa shape index (κ2) is 11.5. The molecule has 3 aromatic rings. The minimum absolute atomic E-state index is 0.0201. The molecule has 2 amide bonds. The first kappa shape index (κ1) is 24.8. The Bertz CT molecular complexity index is 1250. The molecule has 2 aliphatic heterocycles. The third kappa shape index (κ3) is 6.10. The highest BCUT2D eigenvalue weighted by atomic mass is 16.5. The summed E-state index contributed by atoms with van der Waals surface area (Å²) in [6.07, 6.45) is 0.866. The largest absolute Gasteiger partial charge is 0.488 e. The van der Waals surface area contributed by atoms with Crippen LogP contribution in [-0.2, 0) is 9.47 Å². The van der Waals surface area contributed by atoms with Crippen molar-refractivity contribution >= 4 is 28.9 Å². The van der Waals surface area contributed by atoms with Crippen LogP contribution in [0.2, 0.25) is 0 Å². The summed E-state index contributed by atoms with van der Waals surface area (Å²) in [6.45, 7) is 6.24. The molecule has 2 saturated heterocycles. The Labute approximate surface area is 216 Å². The summed E-state index contributed by atoms with van der Waals surface area (Å²) >= 11 is 0. The van der Waals surface area contributed by atoms with E-state index in [2.05, 4.69) is 15.5 Å². The Balaban J connectivity index is 1.20. The van der Waals surface area contributed by atoms with E-state index in [9.17, 15) is 9.59 Å². The summed E-state index contributed by atoms with van der Waals surface area (Å²) in [5.41, 5.74) is 4.41. The van der Waals surface area contributed by atoms with Crippen molar-refractivity contribution in [3.63, 3.8) is 0 Å². The maximum Gasteiger partial charge on any atom is 0.256 e. The van der Waals surface area contributed by atoms with Gasteiger partial charge in [-0.1, -0.05) is 12.1 Å². The Morgan fingerprint density at radius 1 is 0.865 bits per heavy atom. The summed E-state index contributed by atoms with van der Waals surface area (Å²) in [7, 11) is 0. The molecular weight excluding hydrogens is 470 g/mol. The minimum atomic E-state index is -0.236. The Morgan fingerprint density at radius 3 is 2.27 bits per heavy atom. The smallest absolute Gasteiger partial charge is 0.256 e. The molecule has 37 heavy (non-hydrogen) atoms. The first-order valence-corrected chi connectivity index (χ1v) is 12.6. The van der Waals surface area contributed by atoms with Gasteiger partial charge in [0.05, 0.1) is 26.4 Å². The molecule has 2 fully saturated rings. The van der Waals surface area contributed by atoms with E-state index in [4.69, 9.17) is 14.2 Å². The van der Waals surface area contributed by atoms with Crippen molar-refractivity contribution in [2.24, 2.45) is 0 Å². The minimum Gasteiger partial charge on any atom is -0.488 e. The van der Waals surface area contributed by atoms with Gasteiger partial charge in [0, 0.05) is 47.7 Å². The lowest BCUT2D eigenvalue weighted by atomic mass is 10.0. The van der Waals surface area contributed by atoms with E-state index in [0.717, 1.165) is 30.8 Å². The van der Waals surface area contributed by atoms with Crippen LogP contribution >= 0.6 is 0 Å². The Kier molecular flexibility index (Phi) is 7.67. The number of morpholine rings is 1. The zero-order valence-electron chi connectivity index (χ0n) is 20.9. The Hall–Kier alpha value is -3.88. The van der Waals surface area contributed by atoms with Gasteiger partial charge < -0.3 is 29.7 Å². The first-order chi connectivity index (χ1) is 18.1. The van der Waals surface area contributed by atoms with Gasteiger partial charge in [-0.3, -0.25) is 9.59 Å². The highest BCUT2D eigenvalue weighted by Crippen LogP contribution is 2.25. The second-order valence-corrected chi connectivity index (χ2v) is 9.17. The van der Waals surface area contributed by atoms with Gasteiger partial charge in [-0.05, 0) is 67.1 Å². The monoisotopic (exact) mass is 501 g/mol. The maximum absolute atomic E-state index is 13.0. The SMILES string of the molecule is Cc1c(C(=O)Nc2ccc(NC(=O)c3cccc(OC4CCOC4)c3)cc2)cccc1N1CCOCC1. The molecule has 2 aliphatic rings. The molecule has 2 N–H and O–H groups in total. The number of rotatable bonds is 7. The van der Waals surface area contributed by atoms with Crippen LogP contribution in [0.5, 0.6) is 5.75 Å². The summed E-state index contributed by atoms with van der Waals surface area (Å²) in [5.74, 6) is 0.239. The van der Waals surface area contributed by atoms with Crippen LogP contribution in [0.1, 0.15) is 32.7 Å². The van der Waals surface area contributed by atoms with Crippen LogP contribution in [0.25, 0.3) is 0 Å². The van der Waals surface area contributed by atoms with Crippen LogP contribution in [-0.4, -0.2) is 57.4 Å². The number of anilines is 3. The van der Waals surface area contributed by atoms with Crippen molar-refractivity contribution in [3.8, 4) is 5.75 Å². The number of carbonyl (C=O) groups excluding carboxylic acids is 2. The molecule has 1 atom stereocenters. The molecule has 192 valence electrons. The molecule has 2 heterocycles. The predicted molar refractivity (Wildman–Crippen MR) is 143 cm³/mol. The molecule has 0 bridgehead atoms. The third-order valence-electron chi connectivity index (χ3n) is 6.59. The van der Waals surface area contributed by atoms with Gasteiger partial charge in [-0.2, -0.15) is 0 Å². The number of amides is 2. The van der Waals surface area contributed by atoms with Crippen molar-refractivity contribution in [3.05, 3.63) is 83.4 Å². The molecule has 0 aromatic heterocycles. The fraction of sp³-hybridized carbons (Fsp3) is 0.310. The van der Waals surface area contributed by atoms with Crippen LogP contribution in [0, 0.1) is 6.92 Å². The zero-order chi connectivity index (χ0) is 25.6. The summed E-state index contributed by atoms with van der Waals surface area (Å²) in [5, 5.41) is 5.86. The third-order valence-corrected chi connectivity index (χ3v) is 6.59. The van der Waals surface area contributed by atoms with E-state index in [0.29, 0.717) is 54.7 Å². The van der Waals surface area contributed by atoms with Crippen LogP contribution < -0.4 is 20.3 Å². The first-order valence-electron chi connectivity index (χ1n) is 12.6. The van der Waals surface area contributed by atoms with Gasteiger partial charge >= 0.3 is 0 Å². The number of benzene rings is 3. The van der Waals surface area contributed by atoms with Gasteiger partial charge in [0.25, 0.3) is 11.8 Å². The number of hydrogen-bond acceptors (Lipinski definition) is 6. The topological polar surface area (TPSA) is 89.1 Å². The number of nitrogens with zero attached hydrogens (tertiary/aromatic N) is 1. The number of carbonyl (C=O) groups is 2. The van der Waals surface area contributed by atoms with E-state index in [1.807, 2.05) is 31.2 Å². The molecule has 0 radical (unpaired) electrons. The normalized spacial score (nSPS) is 17.3. The maximum atomic E-state index is 13.0. The van der Waals surface area contributed by atoms with E-state index >= 15 is 0 Å². The lowest BCUT2D eigenvalue weighted by Gasteiger charge is -2.30. The standard InChI is InChI=1S/C29H31N3O5/c1-20-26(6-3-7-27(20)32-13-16-35-17-14-32)29(34)31-23-10-8-22(9-11-23)30-28(33)21-4-2-5-24(18-21)37-25-12-15-36-19-25/h2-11,18,25H,12-17,19H2,1H3,(H,30,33)(H,31,34). The quantitative estimate of drug-likeness (QED) is 0.496. The van der Waals surface area contributed by atoms with Gasteiger partial charge in [-0.25, -0.2) is 0 Å². The fourth-order valence-electron chi connectivity index (χ4n) is 4.56. The van der Waals surface area contributed by atoms with Gasteiger partial charge in [0.1, 0.15) is 11.9 Å². The van der Waals surface area contributed by atoms with Crippen molar-refractivity contribution < 1.29 is 23.8 Å². The molecule has 0 spiro atoms. The van der Waals surface area contributed by atoms with Crippen LogP contribution in [0.3, 0.4) is 0 Å². The lowest BCUT2D eigenvalue weighted by molar-refractivity contribution is 0.101. The Morgan fingerprint density at radius 2 is 1.57 bits per heavy atom. The molecule has 0 saturated carbocycles. The summed E-state index contributed by atoms with van der Waals surface area (Å²) in [6, 6.07) is 20.0.